The van der Waals surface area contributed by atoms with Gasteiger partial charge in [-0.25, -0.2) is 4.98 Å². The highest BCUT2D eigenvalue weighted by molar-refractivity contribution is 6.00. The summed E-state index contributed by atoms with van der Waals surface area (Å²) in [6, 6.07) is 5.50. The molecule has 0 bridgehead atoms. The van der Waals surface area contributed by atoms with Gasteiger partial charge in [-0.1, -0.05) is 33.8 Å². The zero-order valence-electron chi connectivity index (χ0n) is 22.2. The Hall–Kier alpha value is -2.77. The summed E-state index contributed by atoms with van der Waals surface area (Å²) in [5, 5.41) is 2.70. The first-order chi connectivity index (χ1) is 16.4. The second kappa shape index (κ2) is 15.2. The summed E-state index contributed by atoms with van der Waals surface area (Å²) >= 11 is 0. The highest BCUT2D eigenvalue weighted by atomic mass is 16.3. The summed E-state index contributed by atoms with van der Waals surface area (Å²) in [4.78, 5) is 32.6. The number of ketones is 1. The Kier molecular flexibility index (Phi) is 13.1. The van der Waals surface area contributed by atoms with E-state index in [1.165, 1.54) is 6.92 Å². The first kappa shape index (κ1) is 29.3. The van der Waals surface area contributed by atoms with Crippen molar-refractivity contribution in [3.63, 3.8) is 0 Å². The van der Waals surface area contributed by atoms with Crippen LogP contribution in [0.5, 0.6) is 0 Å². The summed E-state index contributed by atoms with van der Waals surface area (Å²) in [6.07, 6.45) is 4.67. The van der Waals surface area contributed by atoms with Crippen LogP contribution in [0.1, 0.15) is 82.3 Å². The lowest BCUT2D eigenvalue weighted by Crippen LogP contribution is -2.28. The molecule has 3 rings (SSSR count). The molecule has 0 radical (unpaired) electrons. The molecule has 3 heterocycles. The highest BCUT2D eigenvalue weighted by Gasteiger charge is 2.21. The van der Waals surface area contributed by atoms with Crippen molar-refractivity contribution in [2.45, 2.75) is 61.4 Å². The van der Waals surface area contributed by atoms with Crippen molar-refractivity contribution in [3.05, 3.63) is 53.1 Å². The van der Waals surface area contributed by atoms with E-state index in [-0.39, 0.29) is 11.7 Å². The second-order valence-corrected chi connectivity index (χ2v) is 7.76. The number of allylic oxidation sites excluding steroid dienone is 1. The molecule has 1 amide bonds. The molecule has 34 heavy (non-hydrogen) atoms. The predicted molar refractivity (Wildman–Crippen MR) is 140 cm³/mol. The van der Waals surface area contributed by atoms with E-state index in [9.17, 15) is 9.59 Å². The summed E-state index contributed by atoms with van der Waals surface area (Å²) in [5.74, 6) is 1.59. The third-order valence-electron chi connectivity index (χ3n) is 5.26. The number of anilines is 1. The van der Waals surface area contributed by atoms with E-state index < -0.39 is 0 Å². The lowest BCUT2D eigenvalue weighted by Gasteiger charge is -2.18. The van der Waals surface area contributed by atoms with Gasteiger partial charge < -0.3 is 14.6 Å². The van der Waals surface area contributed by atoms with E-state index in [2.05, 4.69) is 27.1 Å². The normalized spacial score (nSPS) is 14.8. The average Bonchev–Trinajstić information content (AvgIpc) is 3.13. The first-order valence-corrected chi connectivity index (χ1v) is 12.3. The Labute approximate surface area is 205 Å². The van der Waals surface area contributed by atoms with Crippen LogP contribution in [0.3, 0.4) is 0 Å². The van der Waals surface area contributed by atoms with Gasteiger partial charge in [0.25, 0.3) is 0 Å². The van der Waals surface area contributed by atoms with Gasteiger partial charge in [0, 0.05) is 31.8 Å². The summed E-state index contributed by atoms with van der Waals surface area (Å²) in [7, 11) is 2.14. The standard InChI is InChI=1S/C23H30N4O3.2C2H6/c1-5-20(18-7-8-24-22(13-18)25-17(3)29)23-21(16(2)28)14-19(30-23)15-27-10-6-9-26(4)11-12-27;2*1-2/h5,7-8,13-14H,6,9-12,15H2,1-4H3,(H,24,25,29);2*1-2H3/b20-5-;;. The molecular weight excluding hydrogens is 428 g/mol. The monoisotopic (exact) mass is 470 g/mol. The molecule has 1 saturated heterocycles. The Morgan fingerprint density at radius 1 is 1.09 bits per heavy atom. The summed E-state index contributed by atoms with van der Waals surface area (Å²) in [5.41, 5.74) is 2.20. The van der Waals surface area contributed by atoms with Crippen LogP contribution in [0.4, 0.5) is 5.82 Å². The van der Waals surface area contributed by atoms with Gasteiger partial charge in [-0.15, -0.1) is 0 Å². The van der Waals surface area contributed by atoms with E-state index >= 15 is 0 Å². The highest BCUT2D eigenvalue weighted by Crippen LogP contribution is 2.31. The summed E-state index contributed by atoms with van der Waals surface area (Å²) in [6.45, 7) is 17.7. The van der Waals surface area contributed by atoms with E-state index in [0.717, 1.165) is 49.5 Å². The van der Waals surface area contributed by atoms with Gasteiger partial charge in [0.05, 0.1) is 12.1 Å². The zero-order valence-corrected chi connectivity index (χ0v) is 22.2. The van der Waals surface area contributed by atoms with Crippen LogP contribution in [0.15, 0.2) is 34.9 Å². The van der Waals surface area contributed by atoms with Crippen molar-refractivity contribution in [2.24, 2.45) is 0 Å². The van der Waals surface area contributed by atoms with Crippen LogP contribution < -0.4 is 5.32 Å². The van der Waals surface area contributed by atoms with Crippen LogP contribution in [0, 0.1) is 0 Å². The molecule has 1 N–H and O–H groups in total. The van der Waals surface area contributed by atoms with E-state index in [1.54, 1.807) is 19.2 Å². The molecule has 0 unspecified atom stereocenters. The van der Waals surface area contributed by atoms with Gasteiger partial charge in [-0.2, -0.15) is 0 Å². The number of carbonyl (C=O) groups is 2. The molecular formula is C27H42N4O3. The molecule has 188 valence electrons. The molecule has 0 aromatic carbocycles. The zero-order chi connectivity index (χ0) is 25.7. The van der Waals surface area contributed by atoms with Gasteiger partial charge in [0.1, 0.15) is 17.3 Å². The van der Waals surface area contributed by atoms with Gasteiger partial charge in [-0.05, 0) is 64.2 Å². The molecule has 0 saturated carbocycles. The van der Waals surface area contributed by atoms with Crippen LogP contribution in [0.2, 0.25) is 0 Å². The lowest BCUT2D eigenvalue weighted by atomic mass is 10.00. The Morgan fingerprint density at radius 2 is 1.79 bits per heavy atom. The predicted octanol–water partition coefficient (Wildman–Crippen LogP) is 5.48. The molecule has 2 aromatic heterocycles. The van der Waals surface area contributed by atoms with E-state index in [0.29, 0.717) is 23.7 Å². The van der Waals surface area contributed by atoms with Crippen LogP contribution in [-0.2, 0) is 11.3 Å². The van der Waals surface area contributed by atoms with Crippen molar-refractivity contribution in [1.82, 2.24) is 14.8 Å². The fraction of sp³-hybridized carbons (Fsp3) is 0.519. The minimum absolute atomic E-state index is 0.0360. The number of aromatic nitrogens is 1. The molecule has 1 fully saturated rings. The maximum atomic E-state index is 12.4. The summed E-state index contributed by atoms with van der Waals surface area (Å²) < 4.78 is 6.22. The van der Waals surface area contributed by atoms with Crippen LogP contribution >= 0.6 is 0 Å². The van der Waals surface area contributed by atoms with Crippen LogP contribution in [0.25, 0.3) is 5.57 Å². The average molecular weight is 471 g/mol. The third-order valence-corrected chi connectivity index (χ3v) is 5.26. The number of Topliss-reactive ketones (excluding diaryl/α,β-unsaturated/α-hetero) is 1. The largest absolute Gasteiger partial charge is 0.459 e. The number of nitrogens with zero attached hydrogens (tertiary/aromatic N) is 3. The fourth-order valence-electron chi connectivity index (χ4n) is 3.74. The molecule has 0 aliphatic carbocycles. The number of rotatable bonds is 6. The number of nitrogens with one attached hydrogen (secondary N) is 1. The second-order valence-electron chi connectivity index (χ2n) is 7.76. The number of furan rings is 1. The maximum Gasteiger partial charge on any atom is 0.222 e. The van der Waals surface area contributed by atoms with Crippen molar-refractivity contribution in [1.29, 1.82) is 0 Å². The smallest absolute Gasteiger partial charge is 0.222 e. The van der Waals surface area contributed by atoms with E-state index in [4.69, 9.17) is 4.42 Å². The topological polar surface area (TPSA) is 78.7 Å². The van der Waals surface area contributed by atoms with Crippen molar-refractivity contribution >= 4 is 23.1 Å². The number of amides is 1. The SMILES string of the molecule is C/C=C(/c1ccnc(NC(C)=O)c1)c1oc(CN2CCCN(C)CC2)cc1C(C)=O.CC.CC. The molecule has 1 aliphatic rings. The molecule has 7 nitrogen and oxygen atoms in total. The van der Waals surface area contributed by atoms with E-state index in [1.807, 2.05) is 52.8 Å². The molecule has 1 aliphatic heterocycles. The van der Waals surface area contributed by atoms with Gasteiger partial charge in [-0.3, -0.25) is 14.5 Å². The number of hydrogen-bond donors (Lipinski definition) is 1. The minimum Gasteiger partial charge on any atom is -0.459 e. The van der Waals surface area contributed by atoms with Gasteiger partial charge in [0.15, 0.2) is 5.78 Å². The quantitative estimate of drug-likeness (QED) is 0.564. The van der Waals surface area contributed by atoms with Crippen molar-refractivity contribution in [3.8, 4) is 0 Å². The molecule has 2 aromatic rings. The van der Waals surface area contributed by atoms with Crippen molar-refractivity contribution in [2.75, 3.05) is 38.5 Å². The van der Waals surface area contributed by atoms with Gasteiger partial charge in [0.2, 0.25) is 5.91 Å². The maximum absolute atomic E-state index is 12.4. The molecule has 0 spiro atoms. The number of likely N-dealkylation sites (N-methyl/N-ethyl adjacent to an activating group) is 1. The van der Waals surface area contributed by atoms with Crippen molar-refractivity contribution < 1.29 is 14.0 Å². The Balaban J connectivity index is 0.00000137. The number of hydrogen-bond acceptors (Lipinski definition) is 6. The molecule has 7 heteroatoms. The third kappa shape index (κ3) is 8.54. The number of carbonyl (C=O) groups excluding carboxylic acids is 2. The fourth-order valence-corrected chi connectivity index (χ4v) is 3.74. The lowest BCUT2D eigenvalue weighted by molar-refractivity contribution is -0.114. The number of pyridine rings is 1. The Morgan fingerprint density at radius 3 is 2.41 bits per heavy atom. The first-order valence-electron chi connectivity index (χ1n) is 12.3. The van der Waals surface area contributed by atoms with Gasteiger partial charge >= 0.3 is 0 Å². The minimum atomic E-state index is -0.186. The van der Waals surface area contributed by atoms with Crippen LogP contribution in [-0.4, -0.2) is 59.7 Å². The Bertz CT molecular complexity index is 949. The molecule has 0 atom stereocenters.